The molecule has 6 nitrogen and oxygen atoms in total. The first-order chi connectivity index (χ1) is 12.1. The number of amides is 1. The Morgan fingerprint density at radius 3 is 2.73 bits per heavy atom. The van der Waals surface area contributed by atoms with Crippen LogP contribution >= 0.6 is 0 Å². The smallest absolute Gasteiger partial charge is 0.414 e. The highest BCUT2D eigenvalue weighted by Gasteiger charge is 2.62. The average Bonchev–Trinajstić information content (AvgIpc) is 2.85. The molecule has 1 heterocycles. The highest BCUT2D eigenvalue weighted by Crippen LogP contribution is 2.58. The van der Waals surface area contributed by atoms with E-state index in [0.717, 1.165) is 11.4 Å². The molecule has 2 atom stereocenters. The van der Waals surface area contributed by atoms with Crippen molar-refractivity contribution in [1.82, 2.24) is 0 Å². The van der Waals surface area contributed by atoms with Crippen LogP contribution in [0.25, 0.3) is 0 Å². The third kappa shape index (κ3) is 3.79. The van der Waals surface area contributed by atoms with E-state index in [9.17, 15) is 9.59 Å². The Labute approximate surface area is 154 Å². The SMILES string of the molecule is CC(C)(C)OC(=O)[C@H]1[C@@H](CNc2cccc(N3CCOC3=O)c2)C1(C)C. The molecule has 1 aliphatic carbocycles. The summed E-state index contributed by atoms with van der Waals surface area (Å²) in [6.45, 7) is 11.6. The van der Waals surface area contributed by atoms with E-state index in [1.54, 1.807) is 4.90 Å². The summed E-state index contributed by atoms with van der Waals surface area (Å²) < 4.78 is 10.5. The molecule has 1 aliphatic heterocycles. The van der Waals surface area contributed by atoms with Crippen LogP contribution in [0.3, 0.4) is 0 Å². The van der Waals surface area contributed by atoms with Gasteiger partial charge in [0.25, 0.3) is 0 Å². The molecule has 1 saturated heterocycles. The topological polar surface area (TPSA) is 67.9 Å². The van der Waals surface area contributed by atoms with Crippen molar-refractivity contribution in [2.75, 3.05) is 29.9 Å². The van der Waals surface area contributed by atoms with Gasteiger partial charge in [0, 0.05) is 17.9 Å². The van der Waals surface area contributed by atoms with Gasteiger partial charge in [-0.3, -0.25) is 9.69 Å². The average molecular weight is 360 g/mol. The van der Waals surface area contributed by atoms with Crippen molar-refractivity contribution in [3.63, 3.8) is 0 Å². The second kappa shape index (κ2) is 6.49. The lowest BCUT2D eigenvalue weighted by Gasteiger charge is -2.20. The van der Waals surface area contributed by atoms with E-state index < -0.39 is 5.60 Å². The molecule has 1 amide bonds. The van der Waals surface area contributed by atoms with Gasteiger partial charge in [0.15, 0.2) is 0 Å². The molecular formula is C20H28N2O4. The number of cyclic esters (lactones) is 1. The van der Waals surface area contributed by atoms with E-state index in [2.05, 4.69) is 19.2 Å². The molecule has 0 aromatic heterocycles. The molecule has 0 radical (unpaired) electrons. The summed E-state index contributed by atoms with van der Waals surface area (Å²) in [6.07, 6.45) is -0.310. The minimum atomic E-state index is -0.466. The van der Waals surface area contributed by atoms with E-state index in [1.807, 2.05) is 45.0 Å². The molecule has 1 aromatic carbocycles. The molecule has 0 unspecified atom stereocenters. The Kier molecular flexibility index (Phi) is 4.63. The van der Waals surface area contributed by atoms with E-state index >= 15 is 0 Å². The summed E-state index contributed by atoms with van der Waals surface area (Å²) in [5.41, 5.74) is 1.20. The zero-order chi connectivity index (χ0) is 19.1. The highest BCUT2D eigenvalue weighted by atomic mass is 16.6. The molecule has 3 rings (SSSR count). The van der Waals surface area contributed by atoms with Crippen LogP contribution < -0.4 is 10.2 Å². The van der Waals surface area contributed by atoms with E-state index in [1.165, 1.54) is 0 Å². The summed E-state index contributed by atoms with van der Waals surface area (Å²) >= 11 is 0. The number of carbonyl (C=O) groups excluding carboxylic acids is 2. The Morgan fingerprint density at radius 1 is 1.38 bits per heavy atom. The molecule has 2 fully saturated rings. The second-order valence-corrected chi connectivity index (χ2v) is 8.64. The van der Waals surface area contributed by atoms with Crippen molar-refractivity contribution in [2.24, 2.45) is 17.3 Å². The summed E-state index contributed by atoms with van der Waals surface area (Å²) in [5.74, 6) is 0.00610. The summed E-state index contributed by atoms with van der Waals surface area (Å²) in [4.78, 5) is 25.7. The van der Waals surface area contributed by atoms with Crippen LogP contribution in [0.15, 0.2) is 24.3 Å². The van der Waals surface area contributed by atoms with E-state index in [4.69, 9.17) is 9.47 Å². The third-order valence-electron chi connectivity index (χ3n) is 5.16. The summed E-state index contributed by atoms with van der Waals surface area (Å²) in [5, 5.41) is 3.40. The normalized spacial score (nSPS) is 24.2. The Hall–Kier alpha value is -2.24. The highest BCUT2D eigenvalue weighted by molar-refractivity contribution is 5.90. The van der Waals surface area contributed by atoms with Gasteiger partial charge in [-0.2, -0.15) is 0 Å². The number of ether oxygens (including phenoxy) is 2. The number of rotatable bonds is 5. The molecular weight excluding hydrogens is 332 g/mol. The minimum Gasteiger partial charge on any atom is -0.460 e. The lowest BCUT2D eigenvalue weighted by atomic mass is 10.1. The van der Waals surface area contributed by atoms with Gasteiger partial charge in [-0.1, -0.05) is 19.9 Å². The van der Waals surface area contributed by atoms with Crippen LogP contribution in [-0.4, -0.2) is 37.4 Å². The van der Waals surface area contributed by atoms with Gasteiger partial charge >= 0.3 is 12.1 Å². The lowest BCUT2D eigenvalue weighted by molar-refractivity contribution is -0.157. The van der Waals surface area contributed by atoms with Crippen LogP contribution in [0.2, 0.25) is 0 Å². The molecule has 0 bridgehead atoms. The van der Waals surface area contributed by atoms with E-state index in [-0.39, 0.29) is 29.3 Å². The maximum absolute atomic E-state index is 12.4. The van der Waals surface area contributed by atoms with Crippen molar-refractivity contribution >= 4 is 23.4 Å². The summed E-state index contributed by atoms with van der Waals surface area (Å²) in [7, 11) is 0. The molecule has 6 heteroatoms. The van der Waals surface area contributed by atoms with Gasteiger partial charge in [0.2, 0.25) is 0 Å². The number of benzene rings is 1. The molecule has 1 N–H and O–H groups in total. The molecule has 1 saturated carbocycles. The van der Waals surface area contributed by atoms with Crippen LogP contribution in [0.5, 0.6) is 0 Å². The zero-order valence-electron chi connectivity index (χ0n) is 16.2. The molecule has 1 aromatic rings. The van der Waals surface area contributed by atoms with Gasteiger partial charge in [0.05, 0.1) is 12.5 Å². The van der Waals surface area contributed by atoms with Crippen LogP contribution in [0.4, 0.5) is 16.2 Å². The third-order valence-corrected chi connectivity index (χ3v) is 5.16. The maximum Gasteiger partial charge on any atom is 0.414 e. The largest absolute Gasteiger partial charge is 0.460 e. The van der Waals surface area contributed by atoms with Crippen LogP contribution in [0.1, 0.15) is 34.6 Å². The monoisotopic (exact) mass is 360 g/mol. The van der Waals surface area contributed by atoms with Crippen molar-refractivity contribution in [1.29, 1.82) is 0 Å². The molecule has 2 aliphatic rings. The molecule has 0 spiro atoms. The number of esters is 1. The van der Waals surface area contributed by atoms with Gasteiger partial charge < -0.3 is 14.8 Å². The van der Waals surface area contributed by atoms with Crippen molar-refractivity contribution in [3.05, 3.63) is 24.3 Å². The number of nitrogens with one attached hydrogen (secondary N) is 1. The summed E-state index contributed by atoms with van der Waals surface area (Å²) in [6, 6.07) is 7.70. The first-order valence-electron chi connectivity index (χ1n) is 9.11. The lowest BCUT2D eigenvalue weighted by Crippen LogP contribution is -2.26. The van der Waals surface area contributed by atoms with Crippen molar-refractivity contribution < 1.29 is 19.1 Å². The van der Waals surface area contributed by atoms with Gasteiger partial charge in [-0.15, -0.1) is 0 Å². The number of nitrogens with zero attached hydrogens (tertiary/aromatic N) is 1. The van der Waals surface area contributed by atoms with Crippen LogP contribution in [-0.2, 0) is 14.3 Å². The maximum atomic E-state index is 12.4. The fourth-order valence-corrected chi connectivity index (χ4v) is 3.60. The van der Waals surface area contributed by atoms with Crippen LogP contribution in [0, 0.1) is 17.3 Å². The fourth-order valence-electron chi connectivity index (χ4n) is 3.60. The first-order valence-corrected chi connectivity index (χ1v) is 9.11. The van der Waals surface area contributed by atoms with E-state index in [0.29, 0.717) is 19.7 Å². The molecule has 142 valence electrons. The first kappa shape index (κ1) is 18.5. The Balaban J connectivity index is 1.61. The predicted molar refractivity (Wildman–Crippen MR) is 100 cm³/mol. The Morgan fingerprint density at radius 2 is 2.12 bits per heavy atom. The number of hydrogen-bond donors (Lipinski definition) is 1. The Bertz CT molecular complexity index is 708. The number of hydrogen-bond acceptors (Lipinski definition) is 5. The van der Waals surface area contributed by atoms with Gasteiger partial charge in [0.1, 0.15) is 12.2 Å². The van der Waals surface area contributed by atoms with Gasteiger partial charge in [-0.05, 0) is 50.3 Å². The molecule has 26 heavy (non-hydrogen) atoms. The van der Waals surface area contributed by atoms with Gasteiger partial charge in [-0.25, -0.2) is 4.79 Å². The number of anilines is 2. The quantitative estimate of drug-likeness (QED) is 0.812. The minimum absolute atomic E-state index is 0.0777. The second-order valence-electron chi connectivity index (χ2n) is 8.64. The standard InChI is InChI=1S/C20H28N2O4/c1-19(2,3)26-17(23)16-15(20(16,4)5)12-21-13-7-6-8-14(11-13)22-9-10-25-18(22)24/h6-8,11,15-16,21H,9-10,12H2,1-5H3/t15-,16-/m1/s1. The zero-order valence-corrected chi connectivity index (χ0v) is 16.2. The predicted octanol–water partition coefficient (Wildman–Crippen LogP) is 3.67. The fraction of sp³-hybridized carbons (Fsp3) is 0.600. The van der Waals surface area contributed by atoms with Crippen molar-refractivity contribution in [2.45, 2.75) is 40.2 Å². The number of carbonyl (C=O) groups is 2. The van der Waals surface area contributed by atoms with Crippen molar-refractivity contribution in [3.8, 4) is 0 Å².